The zero-order valence-electron chi connectivity index (χ0n) is 11.1. The number of aromatic nitrogens is 1. The summed E-state index contributed by atoms with van der Waals surface area (Å²) in [7, 11) is 0. The third-order valence-corrected chi connectivity index (χ3v) is 5.31. The molecule has 2 atom stereocenters. The Morgan fingerprint density at radius 1 is 1.32 bits per heavy atom. The number of hydrogen-bond donors (Lipinski definition) is 1. The Labute approximate surface area is 131 Å². The number of nitrogens with one attached hydrogen (secondary N) is 1. The van der Waals surface area contributed by atoms with E-state index >= 15 is 0 Å². The summed E-state index contributed by atoms with van der Waals surface area (Å²) in [5.41, 5.74) is 0. The first kappa shape index (κ1) is 13.8. The quantitative estimate of drug-likeness (QED) is 0.855. The molecule has 0 saturated carbocycles. The van der Waals surface area contributed by atoms with Gasteiger partial charge in [0.2, 0.25) is 0 Å². The number of nitrogens with zero attached hydrogens (tertiary/aromatic N) is 2. The van der Waals surface area contributed by atoms with E-state index < -0.39 is 0 Å². The SMILES string of the molecule is CCN(c1ncc(Br)cc1Br)C1CC2CCC(C1)N2. The summed E-state index contributed by atoms with van der Waals surface area (Å²) in [5, 5.41) is 3.71. The molecule has 0 aromatic carbocycles. The number of fused-ring (bicyclic) bond motifs is 2. The van der Waals surface area contributed by atoms with Crippen LogP contribution in [0.2, 0.25) is 0 Å². The van der Waals surface area contributed by atoms with Crippen LogP contribution in [0.3, 0.4) is 0 Å². The average Bonchev–Trinajstić information content (AvgIpc) is 2.72. The van der Waals surface area contributed by atoms with Crippen molar-refractivity contribution >= 4 is 37.7 Å². The lowest BCUT2D eigenvalue weighted by Gasteiger charge is -2.38. The van der Waals surface area contributed by atoms with Crippen molar-refractivity contribution in [2.45, 2.75) is 50.7 Å². The summed E-state index contributed by atoms with van der Waals surface area (Å²) in [6, 6.07) is 4.13. The minimum absolute atomic E-state index is 0.619. The van der Waals surface area contributed by atoms with Gasteiger partial charge >= 0.3 is 0 Å². The Bertz CT molecular complexity index is 454. The lowest BCUT2D eigenvalue weighted by Crippen LogP contribution is -2.48. The number of halogens is 2. The van der Waals surface area contributed by atoms with E-state index in [2.05, 4.69) is 60.1 Å². The van der Waals surface area contributed by atoms with Crippen molar-refractivity contribution in [2.75, 3.05) is 11.4 Å². The summed E-state index contributed by atoms with van der Waals surface area (Å²) < 4.78 is 2.10. The molecule has 0 spiro atoms. The van der Waals surface area contributed by atoms with Crippen molar-refractivity contribution in [3.8, 4) is 0 Å². The fourth-order valence-corrected chi connectivity index (χ4v) is 4.70. The van der Waals surface area contributed by atoms with Crippen LogP contribution in [-0.2, 0) is 0 Å². The largest absolute Gasteiger partial charge is 0.353 e. The highest BCUT2D eigenvalue weighted by molar-refractivity contribution is 9.11. The maximum Gasteiger partial charge on any atom is 0.143 e. The maximum absolute atomic E-state index is 4.61. The number of rotatable bonds is 3. The predicted molar refractivity (Wildman–Crippen MR) is 85.6 cm³/mol. The van der Waals surface area contributed by atoms with E-state index in [1.807, 2.05) is 6.20 Å². The number of hydrogen-bond acceptors (Lipinski definition) is 3. The third kappa shape index (κ3) is 2.83. The molecule has 2 fully saturated rings. The summed E-state index contributed by atoms with van der Waals surface area (Å²) in [6.07, 6.45) is 7.06. The number of anilines is 1. The van der Waals surface area contributed by atoms with Crippen LogP contribution >= 0.6 is 31.9 Å². The Morgan fingerprint density at radius 3 is 2.58 bits per heavy atom. The van der Waals surface area contributed by atoms with E-state index in [1.54, 1.807) is 0 Å². The number of pyridine rings is 1. The van der Waals surface area contributed by atoms with Crippen molar-refractivity contribution in [3.63, 3.8) is 0 Å². The summed E-state index contributed by atoms with van der Waals surface area (Å²) >= 11 is 7.12. The van der Waals surface area contributed by atoms with Gasteiger partial charge < -0.3 is 10.2 Å². The molecule has 5 heteroatoms. The van der Waals surface area contributed by atoms with Crippen molar-refractivity contribution in [3.05, 3.63) is 21.2 Å². The highest BCUT2D eigenvalue weighted by atomic mass is 79.9. The van der Waals surface area contributed by atoms with Crippen molar-refractivity contribution in [1.29, 1.82) is 0 Å². The van der Waals surface area contributed by atoms with Gasteiger partial charge in [0.15, 0.2) is 0 Å². The molecule has 1 aromatic rings. The first-order valence-electron chi connectivity index (χ1n) is 7.01. The van der Waals surface area contributed by atoms with Gasteiger partial charge in [0.1, 0.15) is 5.82 Å². The van der Waals surface area contributed by atoms with Gasteiger partial charge in [0.25, 0.3) is 0 Å². The predicted octanol–water partition coefficient (Wildman–Crippen LogP) is 3.72. The molecule has 0 aliphatic carbocycles. The molecular weight excluding hydrogens is 370 g/mol. The number of piperidine rings is 1. The van der Waals surface area contributed by atoms with Crippen LogP contribution in [0.15, 0.2) is 21.2 Å². The first-order valence-corrected chi connectivity index (χ1v) is 8.59. The fraction of sp³-hybridized carbons (Fsp3) is 0.643. The lowest BCUT2D eigenvalue weighted by atomic mass is 9.98. The van der Waals surface area contributed by atoms with E-state index in [0.29, 0.717) is 18.1 Å². The van der Waals surface area contributed by atoms with Gasteiger partial charge in [-0.15, -0.1) is 0 Å². The average molecular weight is 389 g/mol. The van der Waals surface area contributed by atoms with Gasteiger partial charge in [0.05, 0.1) is 4.47 Å². The third-order valence-electron chi connectivity index (χ3n) is 4.29. The Balaban J connectivity index is 1.83. The first-order chi connectivity index (χ1) is 9.17. The lowest BCUT2D eigenvalue weighted by molar-refractivity contribution is 0.348. The second-order valence-electron chi connectivity index (χ2n) is 5.51. The molecule has 2 bridgehead atoms. The van der Waals surface area contributed by atoms with Crippen molar-refractivity contribution in [1.82, 2.24) is 10.3 Å². The molecule has 2 unspecified atom stereocenters. The molecule has 104 valence electrons. The Kier molecular flexibility index (Phi) is 4.15. The van der Waals surface area contributed by atoms with Crippen LogP contribution in [0, 0.1) is 0 Å². The van der Waals surface area contributed by atoms with Gasteiger partial charge in [-0.25, -0.2) is 4.98 Å². The van der Waals surface area contributed by atoms with Crippen molar-refractivity contribution < 1.29 is 0 Å². The van der Waals surface area contributed by atoms with Crippen LogP contribution < -0.4 is 10.2 Å². The molecule has 1 aromatic heterocycles. The Morgan fingerprint density at radius 2 is 2.00 bits per heavy atom. The maximum atomic E-state index is 4.61. The van der Waals surface area contributed by atoms with Crippen LogP contribution in [0.1, 0.15) is 32.6 Å². The van der Waals surface area contributed by atoms with Crippen LogP contribution in [0.4, 0.5) is 5.82 Å². The van der Waals surface area contributed by atoms with E-state index in [-0.39, 0.29) is 0 Å². The van der Waals surface area contributed by atoms with E-state index in [1.165, 1.54) is 25.7 Å². The van der Waals surface area contributed by atoms with Gasteiger partial charge in [-0.2, -0.15) is 0 Å². The highest BCUT2D eigenvalue weighted by Crippen LogP contribution is 2.34. The molecule has 0 radical (unpaired) electrons. The second kappa shape index (κ2) is 5.70. The zero-order chi connectivity index (χ0) is 13.4. The standard InChI is InChI=1S/C14H19Br2N3/c1-2-19(14-13(16)5-9(15)8-17-14)12-6-10-3-4-11(7-12)18-10/h5,8,10-12,18H,2-4,6-7H2,1H3. The smallest absolute Gasteiger partial charge is 0.143 e. The molecule has 3 rings (SSSR count). The van der Waals surface area contributed by atoms with E-state index in [9.17, 15) is 0 Å². The Hall–Kier alpha value is -0.130. The molecule has 3 nitrogen and oxygen atoms in total. The monoisotopic (exact) mass is 387 g/mol. The summed E-state index contributed by atoms with van der Waals surface area (Å²) in [5.74, 6) is 1.08. The summed E-state index contributed by atoms with van der Waals surface area (Å²) in [4.78, 5) is 7.07. The highest BCUT2D eigenvalue weighted by Gasteiger charge is 2.36. The van der Waals surface area contributed by atoms with Crippen LogP contribution in [-0.4, -0.2) is 29.7 Å². The molecule has 0 amide bonds. The molecule has 2 saturated heterocycles. The second-order valence-corrected chi connectivity index (χ2v) is 7.28. The fourth-order valence-electron chi connectivity index (χ4n) is 3.48. The zero-order valence-corrected chi connectivity index (χ0v) is 14.2. The van der Waals surface area contributed by atoms with Gasteiger partial charge in [0, 0.05) is 35.3 Å². The van der Waals surface area contributed by atoms with Crippen LogP contribution in [0.25, 0.3) is 0 Å². The van der Waals surface area contributed by atoms with E-state index in [0.717, 1.165) is 21.3 Å². The summed E-state index contributed by atoms with van der Waals surface area (Å²) in [6.45, 7) is 3.23. The molecule has 1 N–H and O–H groups in total. The minimum Gasteiger partial charge on any atom is -0.353 e. The van der Waals surface area contributed by atoms with Crippen molar-refractivity contribution in [2.24, 2.45) is 0 Å². The minimum atomic E-state index is 0.619. The normalized spacial score (nSPS) is 29.5. The van der Waals surface area contributed by atoms with Crippen LogP contribution in [0.5, 0.6) is 0 Å². The molecule has 2 aliphatic heterocycles. The van der Waals surface area contributed by atoms with Gasteiger partial charge in [-0.05, 0) is 70.5 Å². The van der Waals surface area contributed by atoms with E-state index in [4.69, 9.17) is 0 Å². The molecule has 3 heterocycles. The molecule has 2 aliphatic rings. The van der Waals surface area contributed by atoms with Gasteiger partial charge in [-0.1, -0.05) is 0 Å². The van der Waals surface area contributed by atoms with Gasteiger partial charge in [-0.3, -0.25) is 0 Å². The molecule has 19 heavy (non-hydrogen) atoms. The topological polar surface area (TPSA) is 28.2 Å². The molecular formula is C14H19Br2N3.